The van der Waals surface area contributed by atoms with Gasteiger partial charge in [0.2, 0.25) is 0 Å². The number of aromatic nitrogens is 1. The predicted molar refractivity (Wildman–Crippen MR) is 93.4 cm³/mol. The van der Waals surface area contributed by atoms with E-state index in [1.807, 2.05) is 14.1 Å². The van der Waals surface area contributed by atoms with E-state index < -0.39 is 0 Å². The number of anilines is 1. The van der Waals surface area contributed by atoms with Crippen LogP contribution in [0.3, 0.4) is 0 Å². The molecule has 1 N–H and O–H groups in total. The van der Waals surface area contributed by atoms with Crippen LogP contribution in [0.5, 0.6) is 0 Å². The van der Waals surface area contributed by atoms with E-state index in [-0.39, 0.29) is 5.91 Å². The minimum absolute atomic E-state index is 0.0863. The molecule has 0 unspecified atom stereocenters. The number of nitrogens with zero attached hydrogens (tertiary/aromatic N) is 2. The molecule has 0 saturated carbocycles. The Morgan fingerprint density at radius 3 is 2.59 bits per heavy atom. The van der Waals surface area contributed by atoms with Gasteiger partial charge < -0.3 is 10.2 Å². The fourth-order valence-electron chi connectivity index (χ4n) is 2.09. The molecule has 0 bridgehead atoms. The van der Waals surface area contributed by atoms with Crippen LogP contribution in [-0.4, -0.2) is 31.5 Å². The van der Waals surface area contributed by atoms with Gasteiger partial charge in [0, 0.05) is 43.2 Å². The van der Waals surface area contributed by atoms with Crippen LogP contribution < -0.4 is 10.2 Å². The lowest BCUT2D eigenvalue weighted by Gasteiger charge is -2.12. The number of aryl methyl sites for hydroxylation is 1. The van der Waals surface area contributed by atoms with E-state index in [0.29, 0.717) is 12.1 Å². The van der Waals surface area contributed by atoms with Crippen LogP contribution in [0.4, 0.5) is 5.69 Å². The molecule has 1 amide bonds. The predicted octanol–water partition coefficient (Wildman–Crippen LogP) is 3.27. The zero-order chi connectivity index (χ0) is 15.9. The topological polar surface area (TPSA) is 45.2 Å². The number of hydrogen-bond donors (Lipinski definition) is 1. The molecular formula is C17H20BrN3O. The summed E-state index contributed by atoms with van der Waals surface area (Å²) < 4.78 is 0.807. The molecule has 2 rings (SSSR count). The van der Waals surface area contributed by atoms with Gasteiger partial charge in [0.05, 0.1) is 5.56 Å². The van der Waals surface area contributed by atoms with E-state index >= 15 is 0 Å². The Labute approximate surface area is 139 Å². The van der Waals surface area contributed by atoms with Gasteiger partial charge in [-0.1, -0.05) is 12.1 Å². The third kappa shape index (κ3) is 4.84. The highest BCUT2D eigenvalue weighted by Gasteiger charge is 2.05. The molecule has 0 saturated heterocycles. The van der Waals surface area contributed by atoms with Crippen LogP contribution in [0.25, 0.3) is 0 Å². The summed E-state index contributed by atoms with van der Waals surface area (Å²) in [6, 6.07) is 10.3. The van der Waals surface area contributed by atoms with Crippen molar-refractivity contribution in [1.29, 1.82) is 0 Å². The van der Waals surface area contributed by atoms with Crippen molar-refractivity contribution in [2.45, 2.75) is 12.8 Å². The summed E-state index contributed by atoms with van der Waals surface area (Å²) in [6.45, 7) is 0.654. The van der Waals surface area contributed by atoms with E-state index in [4.69, 9.17) is 0 Å². The number of carbonyl (C=O) groups is 1. The van der Waals surface area contributed by atoms with E-state index in [1.54, 1.807) is 18.5 Å². The molecular weight excluding hydrogens is 342 g/mol. The molecule has 1 aromatic carbocycles. The average molecular weight is 362 g/mol. The van der Waals surface area contributed by atoms with Crippen LogP contribution in [0.2, 0.25) is 0 Å². The number of amides is 1. The lowest BCUT2D eigenvalue weighted by atomic mass is 10.1. The molecule has 2 aromatic rings. The third-order valence-corrected chi connectivity index (χ3v) is 3.78. The number of rotatable bonds is 6. The van der Waals surface area contributed by atoms with Crippen molar-refractivity contribution in [2.75, 3.05) is 25.5 Å². The Balaban J connectivity index is 1.76. The molecule has 4 nitrogen and oxygen atoms in total. The van der Waals surface area contributed by atoms with Crippen molar-refractivity contribution in [3.8, 4) is 0 Å². The maximum atomic E-state index is 12.0. The largest absolute Gasteiger partial charge is 0.378 e. The van der Waals surface area contributed by atoms with Crippen molar-refractivity contribution in [3.05, 3.63) is 58.3 Å². The Morgan fingerprint density at radius 1 is 1.23 bits per heavy atom. The second kappa shape index (κ2) is 7.94. The minimum atomic E-state index is -0.0863. The average Bonchev–Trinajstić information content (AvgIpc) is 2.51. The van der Waals surface area contributed by atoms with E-state index in [9.17, 15) is 4.79 Å². The number of hydrogen-bond acceptors (Lipinski definition) is 3. The van der Waals surface area contributed by atoms with Crippen LogP contribution >= 0.6 is 15.9 Å². The minimum Gasteiger partial charge on any atom is -0.378 e. The molecule has 5 heteroatoms. The molecule has 116 valence electrons. The van der Waals surface area contributed by atoms with Crippen LogP contribution in [0.1, 0.15) is 22.3 Å². The standard InChI is InChI=1S/C17H20BrN3O/c1-21(2)16-7-5-13(6-8-16)4-3-9-20-17(22)14-10-15(18)12-19-11-14/h5-8,10-12H,3-4,9H2,1-2H3,(H,20,22). The fraction of sp³-hybridized carbons (Fsp3) is 0.294. The number of pyridine rings is 1. The summed E-state index contributed by atoms with van der Waals surface area (Å²) in [6.07, 6.45) is 5.09. The van der Waals surface area contributed by atoms with Crippen molar-refractivity contribution in [2.24, 2.45) is 0 Å². The first-order valence-corrected chi connectivity index (χ1v) is 8.00. The van der Waals surface area contributed by atoms with Gasteiger partial charge in [0.25, 0.3) is 5.91 Å². The summed E-state index contributed by atoms with van der Waals surface area (Å²) in [5.74, 6) is -0.0863. The first-order valence-electron chi connectivity index (χ1n) is 7.21. The Hall–Kier alpha value is -1.88. The smallest absolute Gasteiger partial charge is 0.252 e. The van der Waals surface area contributed by atoms with E-state index in [0.717, 1.165) is 17.3 Å². The van der Waals surface area contributed by atoms with E-state index in [2.05, 4.69) is 55.4 Å². The molecule has 1 heterocycles. The first-order chi connectivity index (χ1) is 10.6. The second-order valence-corrected chi connectivity index (χ2v) is 6.23. The fourth-order valence-corrected chi connectivity index (χ4v) is 2.46. The monoisotopic (exact) mass is 361 g/mol. The Bertz CT molecular complexity index is 626. The van der Waals surface area contributed by atoms with E-state index in [1.165, 1.54) is 11.3 Å². The molecule has 22 heavy (non-hydrogen) atoms. The van der Waals surface area contributed by atoms with Gasteiger partial charge >= 0.3 is 0 Å². The van der Waals surface area contributed by atoms with Gasteiger partial charge in [-0.25, -0.2) is 0 Å². The molecule has 1 aromatic heterocycles. The number of carbonyl (C=O) groups excluding carboxylic acids is 1. The van der Waals surface area contributed by atoms with Crippen molar-refractivity contribution in [3.63, 3.8) is 0 Å². The first kappa shape index (κ1) is 16.5. The molecule has 0 radical (unpaired) electrons. The van der Waals surface area contributed by atoms with Crippen LogP contribution in [-0.2, 0) is 6.42 Å². The van der Waals surface area contributed by atoms with Gasteiger partial charge in [0.1, 0.15) is 0 Å². The second-order valence-electron chi connectivity index (χ2n) is 5.31. The Kier molecular flexibility index (Phi) is 5.95. The van der Waals surface area contributed by atoms with Gasteiger partial charge in [-0.2, -0.15) is 0 Å². The molecule has 0 spiro atoms. The lowest BCUT2D eigenvalue weighted by Crippen LogP contribution is -2.24. The maximum absolute atomic E-state index is 12.0. The summed E-state index contributed by atoms with van der Waals surface area (Å²) in [5, 5.41) is 2.92. The quantitative estimate of drug-likeness (QED) is 0.803. The molecule has 0 aliphatic heterocycles. The summed E-state index contributed by atoms with van der Waals surface area (Å²) >= 11 is 3.31. The number of benzene rings is 1. The highest BCUT2D eigenvalue weighted by molar-refractivity contribution is 9.10. The number of halogens is 1. The van der Waals surface area contributed by atoms with Crippen LogP contribution in [0.15, 0.2) is 47.2 Å². The highest BCUT2D eigenvalue weighted by Crippen LogP contribution is 2.13. The van der Waals surface area contributed by atoms with Gasteiger partial charge in [-0.15, -0.1) is 0 Å². The SMILES string of the molecule is CN(C)c1ccc(CCCNC(=O)c2cncc(Br)c2)cc1. The zero-order valence-corrected chi connectivity index (χ0v) is 14.4. The molecule has 0 aliphatic carbocycles. The zero-order valence-electron chi connectivity index (χ0n) is 12.8. The number of nitrogens with one attached hydrogen (secondary N) is 1. The van der Waals surface area contributed by atoms with Crippen molar-refractivity contribution in [1.82, 2.24) is 10.3 Å². The van der Waals surface area contributed by atoms with Gasteiger partial charge in [-0.3, -0.25) is 9.78 Å². The van der Waals surface area contributed by atoms with Crippen molar-refractivity contribution < 1.29 is 4.79 Å². The Morgan fingerprint density at radius 2 is 1.95 bits per heavy atom. The highest BCUT2D eigenvalue weighted by atomic mass is 79.9. The molecule has 0 atom stereocenters. The summed E-state index contributed by atoms with van der Waals surface area (Å²) in [5.41, 5.74) is 3.05. The summed E-state index contributed by atoms with van der Waals surface area (Å²) in [4.78, 5) is 18.0. The van der Waals surface area contributed by atoms with Gasteiger partial charge in [0.15, 0.2) is 0 Å². The maximum Gasteiger partial charge on any atom is 0.252 e. The molecule has 0 aliphatic rings. The molecule has 0 fully saturated rings. The van der Waals surface area contributed by atoms with Gasteiger partial charge in [-0.05, 0) is 52.5 Å². The van der Waals surface area contributed by atoms with Crippen molar-refractivity contribution >= 4 is 27.5 Å². The third-order valence-electron chi connectivity index (χ3n) is 3.35. The summed E-state index contributed by atoms with van der Waals surface area (Å²) in [7, 11) is 4.06. The lowest BCUT2D eigenvalue weighted by molar-refractivity contribution is 0.0953. The normalized spacial score (nSPS) is 10.3. The van der Waals surface area contributed by atoms with Crippen LogP contribution in [0, 0.1) is 0 Å².